The lowest BCUT2D eigenvalue weighted by atomic mass is 10.1. The predicted octanol–water partition coefficient (Wildman–Crippen LogP) is 5.49. The number of nitrogens with zero attached hydrogens (tertiary/aromatic N) is 2. The number of benzene rings is 2. The van der Waals surface area contributed by atoms with Gasteiger partial charge in [0.05, 0.1) is 17.0 Å². The summed E-state index contributed by atoms with van der Waals surface area (Å²) in [5, 5.41) is 14.5. The molecule has 29 heavy (non-hydrogen) atoms. The van der Waals surface area contributed by atoms with E-state index in [1.165, 1.54) is 11.8 Å². The van der Waals surface area contributed by atoms with Crippen LogP contribution in [-0.4, -0.2) is 21.6 Å². The number of nitrogens with one attached hydrogen (secondary N) is 2. The zero-order chi connectivity index (χ0) is 20.2. The second kappa shape index (κ2) is 8.39. The van der Waals surface area contributed by atoms with Crippen LogP contribution in [0, 0.1) is 11.3 Å². The van der Waals surface area contributed by atoms with Gasteiger partial charge in [0, 0.05) is 28.0 Å². The maximum absolute atomic E-state index is 12.4. The quantitative estimate of drug-likeness (QED) is 0.420. The van der Waals surface area contributed by atoms with Crippen molar-refractivity contribution in [3.05, 3.63) is 77.4 Å². The molecule has 0 radical (unpaired) electrons. The number of aromatic nitrogens is 2. The number of aromatic amines is 1. The lowest BCUT2D eigenvalue weighted by Crippen LogP contribution is -2.14. The maximum atomic E-state index is 12.4. The minimum atomic E-state index is -0.163. The molecule has 2 aromatic heterocycles. The predicted molar refractivity (Wildman–Crippen MR) is 117 cm³/mol. The molecule has 2 N–H and O–H groups in total. The first kappa shape index (κ1) is 19.1. The highest BCUT2D eigenvalue weighted by molar-refractivity contribution is 8.00. The van der Waals surface area contributed by atoms with Gasteiger partial charge in [-0.2, -0.15) is 5.26 Å². The number of nitriles is 1. The SMILES string of the molecule is N#Cc1ccc(-c2ccc(Cl)cc2)nc1SCC(=O)Nc1ccc2cc[nH]c2c1. The number of fused-ring (bicyclic) bond motifs is 1. The van der Waals surface area contributed by atoms with E-state index in [4.69, 9.17) is 11.6 Å². The molecule has 0 aliphatic heterocycles. The average molecular weight is 419 g/mol. The Morgan fingerprint density at radius 2 is 1.97 bits per heavy atom. The summed E-state index contributed by atoms with van der Waals surface area (Å²) >= 11 is 7.18. The van der Waals surface area contributed by atoms with Crippen LogP contribution in [0.2, 0.25) is 5.02 Å². The molecule has 4 rings (SSSR count). The molecule has 0 aliphatic rings. The van der Waals surface area contributed by atoms with Crippen molar-refractivity contribution in [1.82, 2.24) is 9.97 Å². The van der Waals surface area contributed by atoms with Crippen molar-refractivity contribution in [2.75, 3.05) is 11.1 Å². The Bertz CT molecular complexity index is 1230. The number of carbonyl (C=O) groups excluding carboxylic acids is 1. The topological polar surface area (TPSA) is 81.6 Å². The van der Waals surface area contributed by atoms with Crippen LogP contribution in [0.5, 0.6) is 0 Å². The molecule has 0 atom stereocenters. The molecule has 0 saturated heterocycles. The Kier molecular flexibility index (Phi) is 5.52. The molecule has 0 bridgehead atoms. The Balaban J connectivity index is 1.47. The number of H-pyrrole nitrogens is 1. The number of hydrogen-bond donors (Lipinski definition) is 2. The fraction of sp³-hybridized carbons (Fsp3) is 0.0455. The summed E-state index contributed by atoms with van der Waals surface area (Å²) in [5.74, 6) is -0.0161. The molecule has 1 amide bonds. The monoisotopic (exact) mass is 418 g/mol. The van der Waals surface area contributed by atoms with Crippen molar-refractivity contribution in [3.63, 3.8) is 0 Å². The van der Waals surface area contributed by atoms with Crippen LogP contribution in [0.15, 0.2) is 71.9 Å². The third-order valence-corrected chi connectivity index (χ3v) is 5.54. The summed E-state index contributed by atoms with van der Waals surface area (Å²) in [6.45, 7) is 0. The summed E-state index contributed by atoms with van der Waals surface area (Å²) < 4.78 is 0. The van der Waals surface area contributed by atoms with Gasteiger partial charge >= 0.3 is 0 Å². The number of pyridine rings is 1. The van der Waals surface area contributed by atoms with Gasteiger partial charge in [0.1, 0.15) is 11.1 Å². The van der Waals surface area contributed by atoms with Crippen molar-refractivity contribution in [1.29, 1.82) is 5.26 Å². The van der Waals surface area contributed by atoms with Crippen molar-refractivity contribution in [2.45, 2.75) is 5.03 Å². The van der Waals surface area contributed by atoms with E-state index < -0.39 is 0 Å². The summed E-state index contributed by atoms with van der Waals surface area (Å²) in [6, 6.07) is 20.6. The molecule has 0 aliphatic carbocycles. The summed E-state index contributed by atoms with van der Waals surface area (Å²) in [7, 11) is 0. The first-order valence-electron chi connectivity index (χ1n) is 8.79. The number of halogens is 1. The lowest BCUT2D eigenvalue weighted by molar-refractivity contribution is -0.113. The third kappa shape index (κ3) is 4.43. The zero-order valence-electron chi connectivity index (χ0n) is 15.1. The fourth-order valence-corrected chi connectivity index (χ4v) is 3.77. The number of anilines is 1. The number of thioether (sulfide) groups is 1. The zero-order valence-corrected chi connectivity index (χ0v) is 16.7. The molecule has 0 unspecified atom stereocenters. The van der Waals surface area contributed by atoms with Crippen LogP contribution >= 0.6 is 23.4 Å². The molecular formula is C22H15ClN4OS. The molecule has 7 heteroatoms. The Morgan fingerprint density at radius 1 is 1.14 bits per heavy atom. The molecule has 4 aromatic rings. The molecule has 2 heterocycles. The van der Waals surface area contributed by atoms with Crippen molar-refractivity contribution in [2.24, 2.45) is 0 Å². The van der Waals surface area contributed by atoms with Gasteiger partial charge in [-0.25, -0.2) is 4.98 Å². The third-order valence-electron chi connectivity index (χ3n) is 4.30. The van der Waals surface area contributed by atoms with Gasteiger partial charge < -0.3 is 10.3 Å². The van der Waals surface area contributed by atoms with Gasteiger partial charge in [0.2, 0.25) is 5.91 Å². The minimum Gasteiger partial charge on any atom is -0.361 e. The highest BCUT2D eigenvalue weighted by Gasteiger charge is 2.11. The first-order valence-corrected chi connectivity index (χ1v) is 10.2. The van der Waals surface area contributed by atoms with Crippen LogP contribution in [0.3, 0.4) is 0 Å². The van der Waals surface area contributed by atoms with Crippen LogP contribution < -0.4 is 5.32 Å². The lowest BCUT2D eigenvalue weighted by Gasteiger charge is -2.08. The minimum absolute atomic E-state index is 0.147. The summed E-state index contributed by atoms with van der Waals surface area (Å²) in [4.78, 5) is 20.1. The molecule has 142 valence electrons. The second-order valence-corrected chi connectivity index (χ2v) is 7.68. The Hall–Kier alpha value is -3.27. The van der Waals surface area contributed by atoms with Gasteiger partial charge in [-0.05, 0) is 47.9 Å². The number of hydrogen-bond acceptors (Lipinski definition) is 4. The molecule has 0 spiro atoms. The van der Waals surface area contributed by atoms with E-state index in [1.807, 2.05) is 42.6 Å². The Labute approximate surface area is 176 Å². The average Bonchev–Trinajstić information content (AvgIpc) is 3.20. The summed E-state index contributed by atoms with van der Waals surface area (Å²) in [6.07, 6.45) is 1.86. The number of carbonyl (C=O) groups is 1. The van der Waals surface area contributed by atoms with E-state index in [0.29, 0.717) is 21.3 Å². The highest BCUT2D eigenvalue weighted by atomic mass is 35.5. The molecule has 5 nitrogen and oxygen atoms in total. The number of amides is 1. The van der Waals surface area contributed by atoms with E-state index in [0.717, 1.165) is 22.2 Å². The Morgan fingerprint density at radius 3 is 2.76 bits per heavy atom. The van der Waals surface area contributed by atoms with E-state index in [2.05, 4.69) is 21.4 Å². The van der Waals surface area contributed by atoms with Crippen LogP contribution in [-0.2, 0) is 4.79 Å². The molecular weight excluding hydrogens is 404 g/mol. The van der Waals surface area contributed by atoms with Gasteiger partial charge in [-0.15, -0.1) is 0 Å². The smallest absolute Gasteiger partial charge is 0.234 e. The van der Waals surface area contributed by atoms with Crippen molar-refractivity contribution in [3.8, 4) is 17.3 Å². The van der Waals surface area contributed by atoms with Gasteiger partial charge in [0.25, 0.3) is 0 Å². The first-order chi connectivity index (χ1) is 14.1. The standard InChI is InChI=1S/C22H15ClN4OS/c23-17-5-1-14(2-6-17)19-8-4-16(12-24)22(27-19)29-13-21(28)26-18-7-3-15-9-10-25-20(15)11-18/h1-11,25H,13H2,(H,26,28). The number of rotatable bonds is 5. The van der Waals surface area contributed by atoms with E-state index in [9.17, 15) is 10.1 Å². The maximum Gasteiger partial charge on any atom is 0.234 e. The normalized spacial score (nSPS) is 10.6. The van der Waals surface area contributed by atoms with Crippen molar-refractivity contribution < 1.29 is 4.79 Å². The van der Waals surface area contributed by atoms with E-state index in [-0.39, 0.29) is 11.7 Å². The fourth-order valence-electron chi connectivity index (χ4n) is 2.87. The van der Waals surface area contributed by atoms with Crippen LogP contribution in [0.1, 0.15) is 5.56 Å². The van der Waals surface area contributed by atoms with Crippen molar-refractivity contribution >= 4 is 45.9 Å². The van der Waals surface area contributed by atoms with Crippen LogP contribution in [0.4, 0.5) is 5.69 Å². The van der Waals surface area contributed by atoms with Gasteiger partial charge in [-0.1, -0.05) is 41.6 Å². The summed E-state index contributed by atoms with van der Waals surface area (Å²) in [5.41, 5.74) is 3.73. The molecule has 0 saturated carbocycles. The second-order valence-electron chi connectivity index (χ2n) is 6.28. The van der Waals surface area contributed by atoms with Gasteiger partial charge in [-0.3, -0.25) is 4.79 Å². The van der Waals surface area contributed by atoms with Gasteiger partial charge in [0.15, 0.2) is 0 Å². The van der Waals surface area contributed by atoms with E-state index >= 15 is 0 Å². The highest BCUT2D eigenvalue weighted by Crippen LogP contribution is 2.26. The van der Waals surface area contributed by atoms with E-state index in [1.54, 1.807) is 24.3 Å². The molecule has 2 aromatic carbocycles. The van der Waals surface area contributed by atoms with Crippen LogP contribution in [0.25, 0.3) is 22.2 Å². The largest absolute Gasteiger partial charge is 0.361 e. The molecule has 0 fully saturated rings.